The molecule has 282 valence electrons. The first-order chi connectivity index (χ1) is 29.8. The summed E-state index contributed by atoms with van der Waals surface area (Å²) in [6.45, 7) is 0. The maximum Gasteiger partial charge on any atom is 0.235 e. The number of hydrogen-bond donors (Lipinski definition) is 0. The van der Waals surface area contributed by atoms with Gasteiger partial charge in [0.15, 0.2) is 0 Å². The van der Waals surface area contributed by atoms with Crippen molar-refractivity contribution in [1.82, 2.24) is 9.13 Å². The molecule has 4 heterocycles. The zero-order valence-corrected chi connectivity index (χ0v) is 32.5. The average molecular weight is 769 g/mol. The molecule has 5 heteroatoms. The molecule has 60 heavy (non-hydrogen) atoms. The highest BCUT2D eigenvalue weighted by atomic mass is 16.3. The molecule has 3 aromatic heterocycles. The van der Waals surface area contributed by atoms with Gasteiger partial charge in [0.2, 0.25) is 5.96 Å². The number of aromatic nitrogens is 2. The lowest BCUT2D eigenvalue weighted by molar-refractivity contribution is 0.667. The Hall–Kier alpha value is -7.76. The van der Waals surface area contributed by atoms with E-state index < -0.39 is 0 Å². The maximum atomic E-state index is 6.62. The highest BCUT2D eigenvalue weighted by Gasteiger charge is 2.42. The Morgan fingerprint density at radius 1 is 0.467 bits per heavy atom. The van der Waals surface area contributed by atoms with Crippen molar-refractivity contribution in [1.29, 1.82) is 0 Å². The Morgan fingerprint density at radius 2 is 1.07 bits per heavy atom. The number of allylic oxidation sites excluding steroid dienone is 1. The monoisotopic (exact) mass is 768 g/mol. The van der Waals surface area contributed by atoms with Gasteiger partial charge in [0, 0.05) is 49.5 Å². The van der Waals surface area contributed by atoms with E-state index in [0.717, 1.165) is 78.5 Å². The van der Waals surface area contributed by atoms with Gasteiger partial charge in [-0.3, -0.25) is 4.57 Å². The number of para-hydroxylation sites is 4. The second-order valence-electron chi connectivity index (χ2n) is 16.1. The van der Waals surface area contributed by atoms with Gasteiger partial charge in [-0.25, -0.2) is 9.98 Å². The average Bonchev–Trinajstić information content (AvgIpc) is 3.64. The van der Waals surface area contributed by atoms with Crippen LogP contribution in [0, 0.1) is 11.8 Å². The molecule has 0 spiro atoms. The fourth-order valence-electron chi connectivity index (χ4n) is 9.83. The summed E-state index contributed by atoms with van der Waals surface area (Å²) in [6, 6.07) is 67.0. The Bertz CT molecular complexity index is 3640. The van der Waals surface area contributed by atoms with Crippen molar-refractivity contribution in [2.75, 3.05) is 0 Å². The van der Waals surface area contributed by atoms with E-state index in [4.69, 9.17) is 14.4 Å². The first kappa shape index (κ1) is 33.2. The van der Waals surface area contributed by atoms with Gasteiger partial charge in [-0.2, -0.15) is 0 Å². The Morgan fingerprint density at radius 3 is 1.83 bits per heavy atom. The largest absolute Gasteiger partial charge is 0.455 e. The Labute approximate surface area is 345 Å². The first-order valence-corrected chi connectivity index (χ1v) is 20.7. The summed E-state index contributed by atoms with van der Waals surface area (Å²) in [7, 11) is 0. The van der Waals surface area contributed by atoms with Crippen LogP contribution < -0.4 is 0 Å². The maximum absolute atomic E-state index is 6.62. The zero-order valence-electron chi connectivity index (χ0n) is 32.5. The molecule has 11 aromatic rings. The summed E-state index contributed by atoms with van der Waals surface area (Å²) in [5.74, 6) is 1.25. The van der Waals surface area contributed by atoms with Crippen LogP contribution in [0.3, 0.4) is 0 Å². The molecule has 1 saturated carbocycles. The third kappa shape index (κ3) is 4.99. The summed E-state index contributed by atoms with van der Waals surface area (Å²) in [5, 5.41) is 6.97. The van der Waals surface area contributed by atoms with Gasteiger partial charge in [-0.05, 0) is 77.6 Å². The molecule has 1 fully saturated rings. The summed E-state index contributed by atoms with van der Waals surface area (Å²) in [4.78, 5) is 11.3. The first-order valence-electron chi connectivity index (χ1n) is 20.7. The molecule has 0 amide bonds. The van der Waals surface area contributed by atoms with Gasteiger partial charge in [-0.1, -0.05) is 146 Å². The van der Waals surface area contributed by atoms with E-state index in [2.05, 4.69) is 191 Å². The van der Waals surface area contributed by atoms with Gasteiger partial charge in [-0.15, -0.1) is 0 Å². The fourth-order valence-corrected chi connectivity index (χ4v) is 9.83. The molecule has 0 N–H and O–H groups in total. The third-order valence-electron chi connectivity index (χ3n) is 12.6. The fraction of sp³-hybridized carbons (Fsp3) is 0.0545. The highest BCUT2D eigenvalue weighted by Crippen LogP contribution is 2.47. The molecule has 2 atom stereocenters. The van der Waals surface area contributed by atoms with Crippen molar-refractivity contribution in [2.45, 2.75) is 6.42 Å². The third-order valence-corrected chi connectivity index (χ3v) is 12.6. The molecule has 8 aromatic carbocycles. The molecule has 1 aliphatic carbocycles. The van der Waals surface area contributed by atoms with Crippen LogP contribution in [0.15, 0.2) is 209 Å². The number of aliphatic imine (C=N–C) groups is 2. The van der Waals surface area contributed by atoms with Crippen LogP contribution in [0.1, 0.15) is 17.5 Å². The van der Waals surface area contributed by atoms with Crippen LogP contribution in [-0.4, -0.2) is 20.8 Å². The van der Waals surface area contributed by atoms with Gasteiger partial charge in [0.05, 0.1) is 33.5 Å². The van der Waals surface area contributed by atoms with E-state index in [1.54, 1.807) is 0 Å². The molecular weight excluding hydrogens is 733 g/mol. The SMILES string of the molecule is C1=C(c2cccc3c2oc2ccccc23)/N=C(n2c3ccccc3c3c4c5ccccc5n(-c5cccc(-c6ccccc6)c5)c4ccc32)\N=C(\c2ccccc2)C2CC/12. The lowest BCUT2D eigenvalue weighted by atomic mass is 10.0. The van der Waals surface area contributed by atoms with Gasteiger partial charge >= 0.3 is 0 Å². The van der Waals surface area contributed by atoms with Crippen LogP contribution in [-0.2, 0) is 0 Å². The van der Waals surface area contributed by atoms with Crippen LogP contribution in [0.25, 0.3) is 88.1 Å². The number of nitrogens with zero attached hydrogens (tertiary/aromatic N) is 4. The van der Waals surface area contributed by atoms with Crippen molar-refractivity contribution >= 4 is 82.9 Å². The Balaban J connectivity index is 1.10. The molecule has 1 aliphatic heterocycles. The van der Waals surface area contributed by atoms with E-state index in [1.807, 2.05) is 12.1 Å². The van der Waals surface area contributed by atoms with Crippen LogP contribution >= 0.6 is 0 Å². The minimum atomic E-state index is 0.284. The second-order valence-corrected chi connectivity index (χ2v) is 16.1. The lowest BCUT2D eigenvalue weighted by Crippen LogP contribution is -2.16. The normalized spacial score (nSPS) is 19.2. The van der Waals surface area contributed by atoms with E-state index in [1.165, 1.54) is 32.8 Å². The van der Waals surface area contributed by atoms with Crippen molar-refractivity contribution in [3.05, 3.63) is 205 Å². The predicted molar refractivity (Wildman–Crippen MR) is 248 cm³/mol. The predicted octanol–water partition coefficient (Wildman–Crippen LogP) is 13.8. The van der Waals surface area contributed by atoms with Gasteiger partial charge in [0.1, 0.15) is 11.2 Å². The molecule has 0 radical (unpaired) electrons. The molecule has 5 nitrogen and oxygen atoms in total. The zero-order chi connectivity index (χ0) is 39.3. The molecule has 2 aliphatic rings. The van der Waals surface area contributed by atoms with Gasteiger partial charge < -0.3 is 8.98 Å². The van der Waals surface area contributed by atoms with E-state index in [9.17, 15) is 0 Å². The van der Waals surface area contributed by atoms with E-state index in [0.29, 0.717) is 11.9 Å². The highest BCUT2D eigenvalue weighted by molar-refractivity contribution is 6.30. The summed E-state index contributed by atoms with van der Waals surface area (Å²) >= 11 is 0. The van der Waals surface area contributed by atoms with E-state index in [-0.39, 0.29) is 5.92 Å². The van der Waals surface area contributed by atoms with Crippen molar-refractivity contribution < 1.29 is 4.42 Å². The number of fused-ring (bicyclic) bond motifs is 11. The smallest absolute Gasteiger partial charge is 0.235 e. The quantitative estimate of drug-likeness (QED) is 0.176. The van der Waals surface area contributed by atoms with Crippen LogP contribution in [0.4, 0.5) is 0 Å². The second kappa shape index (κ2) is 12.9. The summed E-state index contributed by atoms with van der Waals surface area (Å²) in [6.07, 6.45) is 3.39. The lowest BCUT2D eigenvalue weighted by Gasteiger charge is -2.15. The number of rotatable bonds is 4. The van der Waals surface area contributed by atoms with Crippen LogP contribution in [0.2, 0.25) is 0 Å². The molecular formula is C55H36N4O. The van der Waals surface area contributed by atoms with Crippen molar-refractivity contribution in [2.24, 2.45) is 21.8 Å². The molecule has 0 bridgehead atoms. The standard InChI is InChI=1S/C55H36N4O/c1-3-15-34(16-4-1)36-19-13-20-38(31-36)58-46-26-10-7-22-42(46)51-48(58)29-30-49-52(51)43-23-8-11-27-47(43)59(49)55-56-45(33-37-32-44(37)53(57-55)35-17-5-2-6-18-35)41-25-14-24-40-39-21-9-12-28-50(39)60-54(40)41/h1-31,33,37,44H,32H2/b45-33+,56-55+,57-53-. The summed E-state index contributed by atoms with van der Waals surface area (Å²) < 4.78 is 11.3. The minimum Gasteiger partial charge on any atom is -0.455 e. The number of furan rings is 1. The van der Waals surface area contributed by atoms with E-state index >= 15 is 0 Å². The molecule has 2 unspecified atom stereocenters. The van der Waals surface area contributed by atoms with Crippen molar-refractivity contribution in [3.63, 3.8) is 0 Å². The topological polar surface area (TPSA) is 47.7 Å². The number of hydrogen-bond acceptors (Lipinski definition) is 3. The van der Waals surface area contributed by atoms with Crippen LogP contribution in [0.5, 0.6) is 0 Å². The van der Waals surface area contributed by atoms with Crippen molar-refractivity contribution in [3.8, 4) is 16.8 Å². The van der Waals surface area contributed by atoms with Gasteiger partial charge in [0.25, 0.3) is 0 Å². The molecule has 0 saturated heterocycles. The number of benzene rings is 8. The Kier molecular flexibility index (Phi) is 7.13. The summed E-state index contributed by atoms with van der Waals surface area (Å²) in [5.41, 5.74) is 13.8. The molecule has 13 rings (SSSR count). The minimum absolute atomic E-state index is 0.284.